The molecule has 1 amide bonds. The van der Waals surface area contributed by atoms with E-state index in [1.807, 2.05) is 60.7 Å². The average molecular weight is 499 g/mol. The van der Waals surface area contributed by atoms with E-state index in [2.05, 4.69) is 20.0 Å². The third-order valence-electron chi connectivity index (χ3n) is 5.26. The summed E-state index contributed by atoms with van der Waals surface area (Å²) >= 11 is 0. The molecule has 2 heterocycles. The third kappa shape index (κ3) is 7.04. The number of aromatic nitrogens is 2. The Morgan fingerprint density at radius 3 is 2.46 bits per heavy atom. The number of benzene rings is 2. The van der Waals surface area contributed by atoms with Crippen molar-refractivity contribution in [3.05, 3.63) is 109 Å². The highest BCUT2D eigenvalue weighted by Crippen LogP contribution is 2.24. The molecule has 0 aliphatic rings. The number of amides is 1. The van der Waals surface area contributed by atoms with Crippen molar-refractivity contribution in [1.29, 1.82) is 0 Å². The molecule has 1 N–H and O–H groups in total. The fourth-order valence-electron chi connectivity index (χ4n) is 3.45. The first-order valence-corrected chi connectivity index (χ1v) is 11.6. The van der Waals surface area contributed by atoms with E-state index >= 15 is 0 Å². The third-order valence-corrected chi connectivity index (χ3v) is 5.26. The molecule has 0 atom stereocenters. The molecule has 188 valence electrons. The van der Waals surface area contributed by atoms with Gasteiger partial charge in [-0.25, -0.2) is 14.8 Å². The van der Waals surface area contributed by atoms with Crippen LogP contribution in [0.25, 0.3) is 11.6 Å². The van der Waals surface area contributed by atoms with Gasteiger partial charge in [0.2, 0.25) is 0 Å². The van der Waals surface area contributed by atoms with Crippen LogP contribution >= 0.6 is 0 Å². The summed E-state index contributed by atoms with van der Waals surface area (Å²) in [6.07, 6.45) is 5.68. The van der Waals surface area contributed by atoms with Crippen LogP contribution in [-0.4, -0.2) is 47.2 Å². The molecule has 9 heteroatoms. The summed E-state index contributed by atoms with van der Waals surface area (Å²) in [7, 11) is 1.24. The number of hydrogen-bond acceptors (Lipinski definition) is 8. The van der Waals surface area contributed by atoms with Crippen LogP contribution in [0, 0.1) is 0 Å². The van der Waals surface area contributed by atoms with Crippen LogP contribution in [0.15, 0.2) is 102 Å². The number of nitrogens with zero attached hydrogens (tertiary/aromatic N) is 3. The number of nitrogens with one attached hydrogen (secondary N) is 1. The quantitative estimate of drug-likeness (QED) is 0.227. The molecule has 0 radical (unpaired) electrons. The highest BCUT2D eigenvalue weighted by atomic mass is 16.7. The largest absolute Gasteiger partial charge is 0.508 e. The van der Waals surface area contributed by atoms with Gasteiger partial charge in [0, 0.05) is 25.0 Å². The maximum absolute atomic E-state index is 13.8. The minimum atomic E-state index is -0.771. The lowest BCUT2D eigenvalue weighted by Gasteiger charge is -2.23. The number of anilines is 2. The summed E-state index contributed by atoms with van der Waals surface area (Å²) in [5, 5.41) is 3.24. The van der Waals surface area contributed by atoms with Crippen LogP contribution in [0.3, 0.4) is 0 Å². The standard InChI is InChI=1S/C28H26N4O5/c1-35-28(34)37-17-9-8-16-32(20-21-11-4-2-5-12-21)27(33)23-19-29-26(24-15-10-18-36-24)31-25(23)30-22-13-6-3-7-14-22/h2-15,18-19H,16-17,20H2,1H3,(H,29,30,31)/b9-8+. The molecule has 0 spiro atoms. The summed E-state index contributed by atoms with van der Waals surface area (Å²) < 4.78 is 14.8. The van der Waals surface area contributed by atoms with Crippen molar-refractivity contribution in [1.82, 2.24) is 14.9 Å². The van der Waals surface area contributed by atoms with Gasteiger partial charge in [0.1, 0.15) is 18.0 Å². The summed E-state index contributed by atoms with van der Waals surface area (Å²) in [4.78, 5) is 35.6. The Kier molecular flexibility index (Phi) is 8.63. The maximum atomic E-state index is 13.8. The number of furan rings is 1. The lowest BCUT2D eigenvalue weighted by atomic mass is 10.1. The maximum Gasteiger partial charge on any atom is 0.508 e. The normalized spacial score (nSPS) is 10.7. The molecule has 9 nitrogen and oxygen atoms in total. The Morgan fingerprint density at radius 2 is 1.76 bits per heavy atom. The lowest BCUT2D eigenvalue weighted by Crippen LogP contribution is -2.31. The Morgan fingerprint density at radius 1 is 1.00 bits per heavy atom. The molecular formula is C28H26N4O5. The van der Waals surface area contributed by atoms with Crippen LogP contribution in [0.1, 0.15) is 15.9 Å². The van der Waals surface area contributed by atoms with Crippen molar-refractivity contribution < 1.29 is 23.5 Å². The molecule has 0 aliphatic heterocycles. The molecule has 2 aromatic heterocycles. The van der Waals surface area contributed by atoms with Gasteiger partial charge in [-0.3, -0.25) is 4.79 Å². The van der Waals surface area contributed by atoms with E-state index < -0.39 is 6.16 Å². The molecule has 2 aromatic carbocycles. The summed E-state index contributed by atoms with van der Waals surface area (Å²) in [6, 6.07) is 22.6. The van der Waals surface area contributed by atoms with Crippen molar-refractivity contribution in [3.63, 3.8) is 0 Å². The number of carbonyl (C=O) groups is 2. The van der Waals surface area contributed by atoms with Gasteiger partial charge in [-0.2, -0.15) is 0 Å². The number of rotatable bonds is 10. The van der Waals surface area contributed by atoms with E-state index in [1.165, 1.54) is 13.3 Å². The van der Waals surface area contributed by atoms with Gasteiger partial charge in [0.05, 0.1) is 13.4 Å². The first-order chi connectivity index (χ1) is 18.1. The number of carbonyl (C=O) groups excluding carboxylic acids is 2. The molecule has 0 unspecified atom stereocenters. The summed E-state index contributed by atoms with van der Waals surface area (Å²) in [6.45, 7) is 0.650. The van der Waals surface area contributed by atoms with Gasteiger partial charge in [0.15, 0.2) is 11.6 Å². The predicted molar refractivity (Wildman–Crippen MR) is 138 cm³/mol. The first kappa shape index (κ1) is 25.2. The van der Waals surface area contributed by atoms with Crippen LogP contribution in [0.2, 0.25) is 0 Å². The molecule has 0 fully saturated rings. The van der Waals surface area contributed by atoms with Gasteiger partial charge >= 0.3 is 6.16 Å². The fraction of sp³-hybridized carbons (Fsp3) is 0.143. The number of methoxy groups -OCH3 is 1. The van der Waals surface area contributed by atoms with Crippen LogP contribution in [0.4, 0.5) is 16.3 Å². The van der Waals surface area contributed by atoms with Crippen LogP contribution < -0.4 is 5.32 Å². The summed E-state index contributed by atoms with van der Waals surface area (Å²) in [5.74, 6) is 0.930. The highest BCUT2D eigenvalue weighted by molar-refractivity contribution is 5.99. The molecule has 4 aromatic rings. The molecule has 0 saturated carbocycles. The molecule has 0 bridgehead atoms. The van der Waals surface area contributed by atoms with Gasteiger partial charge < -0.3 is 24.1 Å². The van der Waals surface area contributed by atoms with Gasteiger partial charge in [-0.05, 0) is 35.9 Å². The lowest BCUT2D eigenvalue weighted by molar-refractivity contribution is 0.0756. The number of hydrogen-bond donors (Lipinski definition) is 1. The Balaban J connectivity index is 1.63. The van der Waals surface area contributed by atoms with Gasteiger partial charge in [0.25, 0.3) is 5.91 Å². The topological polar surface area (TPSA) is 107 Å². The Bertz CT molecular complexity index is 1330. The number of ether oxygens (including phenoxy) is 2. The molecule has 0 saturated heterocycles. The zero-order chi connectivity index (χ0) is 25.9. The SMILES string of the molecule is COC(=O)OC/C=C/CN(Cc1ccccc1)C(=O)c1cnc(-c2ccco2)nc1Nc1ccccc1. The summed E-state index contributed by atoms with van der Waals surface area (Å²) in [5.41, 5.74) is 2.03. The second-order valence-electron chi connectivity index (χ2n) is 7.83. The molecule has 0 aliphatic carbocycles. The Hall–Kier alpha value is -4.92. The van der Waals surface area contributed by atoms with E-state index in [4.69, 9.17) is 9.15 Å². The van der Waals surface area contributed by atoms with E-state index in [0.717, 1.165) is 11.3 Å². The molecule has 4 rings (SSSR count). The smallest absolute Gasteiger partial charge is 0.461 e. The second-order valence-corrected chi connectivity index (χ2v) is 7.83. The van der Waals surface area contributed by atoms with Gasteiger partial charge in [-0.1, -0.05) is 54.6 Å². The van der Waals surface area contributed by atoms with E-state index in [1.54, 1.807) is 35.4 Å². The molecular weight excluding hydrogens is 472 g/mol. The van der Waals surface area contributed by atoms with E-state index in [-0.39, 0.29) is 19.1 Å². The van der Waals surface area contributed by atoms with E-state index in [9.17, 15) is 9.59 Å². The minimum Gasteiger partial charge on any atom is -0.461 e. The second kappa shape index (κ2) is 12.7. The van der Waals surface area contributed by atoms with Crippen molar-refractivity contribution in [2.45, 2.75) is 6.54 Å². The van der Waals surface area contributed by atoms with Crippen molar-refractivity contribution in [2.24, 2.45) is 0 Å². The van der Waals surface area contributed by atoms with Crippen molar-refractivity contribution in [3.8, 4) is 11.6 Å². The highest BCUT2D eigenvalue weighted by Gasteiger charge is 2.22. The zero-order valence-corrected chi connectivity index (χ0v) is 20.2. The average Bonchev–Trinajstić information content (AvgIpc) is 3.48. The van der Waals surface area contributed by atoms with Crippen molar-refractivity contribution >= 4 is 23.6 Å². The minimum absolute atomic E-state index is 0.0296. The monoisotopic (exact) mass is 498 g/mol. The Labute approximate surface area is 214 Å². The van der Waals surface area contributed by atoms with E-state index in [0.29, 0.717) is 29.5 Å². The molecule has 37 heavy (non-hydrogen) atoms. The number of para-hydroxylation sites is 1. The predicted octanol–water partition coefficient (Wildman–Crippen LogP) is 5.46. The van der Waals surface area contributed by atoms with Crippen LogP contribution in [0.5, 0.6) is 0 Å². The zero-order valence-electron chi connectivity index (χ0n) is 20.2. The van der Waals surface area contributed by atoms with Gasteiger partial charge in [-0.15, -0.1) is 0 Å². The van der Waals surface area contributed by atoms with Crippen molar-refractivity contribution in [2.75, 3.05) is 25.6 Å². The van der Waals surface area contributed by atoms with Crippen LogP contribution in [-0.2, 0) is 16.0 Å². The fourth-order valence-corrected chi connectivity index (χ4v) is 3.45. The first-order valence-electron chi connectivity index (χ1n) is 11.6.